The Kier molecular flexibility index (Phi) is 23.9. The van der Waals surface area contributed by atoms with Crippen molar-refractivity contribution >= 4 is 91.5 Å². The fourth-order valence-electron chi connectivity index (χ4n) is 6.64. The Morgan fingerprint density at radius 1 is 0.526 bits per heavy atom. The maximum atomic E-state index is 13.3. The first-order valence-electron chi connectivity index (χ1n) is 23.1. The summed E-state index contributed by atoms with van der Waals surface area (Å²) in [6, 6.07) is 39.3. The number of rotatable bonds is 19. The number of nitrogens with two attached hydrogens (primary N) is 1. The molecule has 4 aromatic heterocycles. The summed E-state index contributed by atoms with van der Waals surface area (Å²) >= 11 is 1.68. The van der Waals surface area contributed by atoms with Gasteiger partial charge in [0.25, 0.3) is 18.8 Å². The third kappa shape index (κ3) is 18.6. The van der Waals surface area contributed by atoms with E-state index < -0.39 is 60.9 Å². The molecule has 408 valence electrons. The van der Waals surface area contributed by atoms with Gasteiger partial charge in [0.1, 0.15) is 43.4 Å². The van der Waals surface area contributed by atoms with Crippen molar-refractivity contribution in [1.29, 1.82) is 0 Å². The number of halogens is 5. The fraction of sp³-hybridized carbons (Fsp3) is 0.185. The Morgan fingerprint density at radius 2 is 0.885 bits per heavy atom. The largest absolute Gasteiger partial charge is 0.477 e. The quantitative estimate of drug-likeness (QED) is 0.0287. The normalized spacial score (nSPS) is 11.3. The van der Waals surface area contributed by atoms with Crippen LogP contribution in [0.1, 0.15) is 65.6 Å². The maximum absolute atomic E-state index is 13.3. The highest BCUT2D eigenvalue weighted by Crippen LogP contribution is 2.34. The molecule has 8 rings (SSSR count). The Labute approximate surface area is 457 Å². The molecule has 4 aromatic carbocycles. The van der Waals surface area contributed by atoms with E-state index in [0.717, 1.165) is 44.9 Å². The van der Waals surface area contributed by atoms with Gasteiger partial charge in [-0.05, 0) is 46.5 Å². The average molecular weight is 1130 g/mol. The Balaban J connectivity index is 0.000000238. The number of alkyl carbamates (subject to hydrolysis) is 2. The van der Waals surface area contributed by atoms with E-state index in [-0.39, 0.29) is 87.7 Å². The number of hydrogen-bond acceptors (Lipinski definition) is 15. The highest BCUT2D eigenvalue weighted by atomic mass is 35.5. The zero-order valence-electron chi connectivity index (χ0n) is 40.8. The molecule has 8 aromatic rings. The van der Waals surface area contributed by atoms with Crippen molar-refractivity contribution < 1.29 is 70.4 Å². The fourth-order valence-corrected chi connectivity index (χ4v) is 8.65. The topological polar surface area (TPSA) is 247 Å². The summed E-state index contributed by atoms with van der Waals surface area (Å²) in [5.74, 6) is -3.13. The number of carboxylic acid groups (broad SMARTS) is 1. The van der Waals surface area contributed by atoms with Crippen LogP contribution in [0.4, 0.5) is 27.2 Å². The van der Waals surface area contributed by atoms with Crippen LogP contribution in [0.5, 0.6) is 0 Å². The zero-order chi connectivity index (χ0) is 55.1. The van der Waals surface area contributed by atoms with Crippen molar-refractivity contribution in [2.45, 2.75) is 51.4 Å². The van der Waals surface area contributed by atoms with Gasteiger partial charge in [0.05, 0.1) is 25.3 Å². The van der Waals surface area contributed by atoms with Gasteiger partial charge in [-0.2, -0.15) is 0 Å². The van der Waals surface area contributed by atoms with Crippen LogP contribution in [-0.4, -0.2) is 76.2 Å². The second-order valence-electron chi connectivity index (χ2n) is 16.0. The number of aromatic carboxylic acids is 1. The van der Waals surface area contributed by atoms with Gasteiger partial charge in [0.2, 0.25) is 0 Å². The summed E-state index contributed by atoms with van der Waals surface area (Å²) in [6.45, 7) is -0.223. The number of esters is 2. The number of pyridine rings is 2. The molecule has 4 heterocycles. The molecule has 17 nitrogen and oxygen atoms in total. The van der Waals surface area contributed by atoms with Gasteiger partial charge in [0, 0.05) is 36.6 Å². The lowest BCUT2D eigenvalue weighted by atomic mass is 10.2. The lowest BCUT2D eigenvalue weighted by Gasteiger charge is -2.18. The van der Waals surface area contributed by atoms with Crippen LogP contribution >= 0.6 is 35.1 Å². The van der Waals surface area contributed by atoms with E-state index in [9.17, 15) is 46.3 Å². The number of fused-ring (bicyclic) bond motifs is 2. The number of hydrogen-bond donors (Lipinski definition) is 5. The number of nitrogens with one attached hydrogen (secondary N) is 3. The minimum absolute atomic E-state index is 0. The van der Waals surface area contributed by atoms with Crippen LogP contribution < -0.4 is 21.7 Å². The number of alkyl halides is 4. The van der Waals surface area contributed by atoms with Crippen molar-refractivity contribution in [3.8, 4) is 0 Å². The minimum atomic E-state index is -2.72. The SMILES string of the molecule is Cl.NC[C@@H](NC(=O)OCc1ccccc1)C(=O)OCc1ccccc1.O=C(N[C@H](CNC(=O)c1cc2nccc(C(F)F)c2s1)C(=O)OCc1ccccc1)OCc1ccccc1.O=C(O)c1cc2nccc(C(F)F)c2s1. The number of aromatic nitrogens is 2. The summed E-state index contributed by atoms with van der Waals surface area (Å²) < 4.78 is 72.9. The summed E-state index contributed by atoms with van der Waals surface area (Å²) in [5.41, 5.74) is 8.90. The molecule has 0 bridgehead atoms. The molecule has 0 saturated carbocycles. The van der Waals surface area contributed by atoms with E-state index in [0.29, 0.717) is 5.52 Å². The first-order chi connectivity index (χ1) is 37.2. The number of carboxylic acids is 1. The molecular formula is C54H49ClF4N6O11S2. The summed E-state index contributed by atoms with van der Waals surface area (Å²) in [6.07, 6.45) is -4.42. The first kappa shape index (κ1) is 60.4. The van der Waals surface area contributed by atoms with Crippen molar-refractivity contribution in [3.63, 3.8) is 0 Å². The molecule has 0 radical (unpaired) electrons. The Bertz CT molecular complexity index is 3220. The van der Waals surface area contributed by atoms with Crippen LogP contribution in [0.2, 0.25) is 0 Å². The summed E-state index contributed by atoms with van der Waals surface area (Å²) in [4.78, 5) is 80.4. The van der Waals surface area contributed by atoms with Gasteiger partial charge in [-0.15, -0.1) is 35.1 Å². The van der Waals surface area contributed by atoms with Gasteiger partial charge in [-0.3, -0.25) is 14.8 Å². The molecule has 2 atom stereocenters. The molecule has 0 aliphatic carbocycles. The zero-order valence-corrected chi connectivity index (χ0v) is 43.3. The third-order valence-electron chi connectivity index (χ3n) is 10.5. The molecule has 0 saturated heterocycles. The van der Waals surface area contributed by atoms with Crippen LogP contribution in [0.15, 0.2) is 158 Å². The van der Waals surface area contributed by atoms with Crippen molar-refractivity contribution in [2.75, 3.05) is 13.1 Å². The number of thiophene rings is 2. The van der Waals surface area contributed by atoms with Crippen LogP contribution in [-0.2, 0) is 55.0 Å². The highest BCUT2D eigenvalue weighted by Gasteiger charge is 2.26. The Hall–Kier alpha value is -8.51. The smallest absolute Gasteiger partial charge is 0.408 e. The number of amides is 3. The number of carbonyl (C=O) groups is 6. The van der Waals surface area contributed by atoms with E-state index in [2.05, 4.69) is 25.9 Å². The van der Waals surface area contributed by atoms with Crippen LogP contribution in [0.3, 0.4) is 0 Å². The van der Waals surface area contributed by atoms with Crippen molar-refractivity contribution in [2.24, 2.45) is 5.73 Å². The van der Waals surface area contributed by atoms with E-state index >= 15 is 0 Å². The second-order valence-corrected chi connectivity index (χ2v) is 18.1. The van der Waals surface area contributed by atoms with Gasteiger partial charge in [0.15, 0.2) is 0 Å². The number of benzene rings is 4. The Morgan fingerprint density at radius 3 is 1.27 bits per heavy atom. The maximum Gasteiger partial charge on any atom is 0.408 e. The van der Waals surface area contributed by atoms with Gasteiger partial charge >= 0.3 is 30.1 Å². The molecule has 0 fully saturated rings. The average Bonchev–Trinajstić information content (AvgIpc) is 4.16. The number of carbonyl (C=O) groups excluding carboxylic acids is 5. The monoisotopic (exact) mass is 1130 g/mol. The number of nitrogens with zero attached hydrogens (tertiary/aromatic N) is 2. The molecule has 78 heavy (non-hydrogen) atoms. The lowest BCUT2D eigenvalue weighted by Crippen LogP contribution is -2.49. The summed E-state index contributed by atoms with van der Waals surface area (Å²) in [7, 11) is 0. The van der Waals surface area contributed by atoms with Crippen LogP contribution in [0.25, 0.3) is 20.4 Å². The molecule has 0 spiro atoms. The third-order valence-corrected chi connectivity index (χ3v) is 12.9. The van der Waals surface area contributed by atoms with Crippen molar-refractivity contribution in [1.82, 2.24) is 25.9 Å². The molecular weight excluding hydrogens is 1080 g/mol. The van der Waals surface area contributed by atoms with Gasteiger partial charge in [-0.1, -0.05) is 121 Å². The predicted molar refractivity (Wildman–Crippen MR) is 284 cm³/mol. The first-order valence-corrected chi connectivity index (χ1v) is 24.7. The van der Waals surface area contributed by atoms with Crippen LogP contribution in [0, 0.1) is 0 Å². The van der Waals surface area contributed by atoms with E-state index in [1.54, 1.807) is 48.5 Å². The molecule has 0 aliphatic rings. The second kappa shape index (κ2) is 30.9. The van der Waals surface area contributed by atoms with Crippen molar-refractivity contribution in [3.05, 3.63) is 201 Å². The molecule has 6 N–H and O–H groups in total. The minimum Gasteiger partial charge on any atom is -0.477 e. The van der Waals surface area contributed by atoms with E-state index in [1.807, 2.05) is 72.8 Å². The number of ether oxygens (including phenoxy) is 4. The van der Waals surface area contributed by atoms with Gasteiger partial charge in [-0.25, -0.2) is 41.5 Å². The predicted octanol–water partition coefficient (Wildman–Crippen LogP) is 10.3. The molecule has 24 heteroatoms. The lowest BCUT2D eigenvalue weighted by molar-refractivity contribution is -0.148. The van der Waals surface area contributed by atoms with Gasteiger partial charge < -0.3 is 45.7 Å². The summed E-state index contributed by atoms with van der Waals surface area (Å²) in [5, 5.41) is 16.1. The standard InChI is InChI=1S/C27H23F2N3O5S.C18H20N2O4.C9H5F2NO2S.ClH/c28-24(29)19-11-12-30-20-13-22(38-23(19)20)25(33)31-14-21(26(34)36-15-17-7-3-1-4-8-17)32-27(35)37-16-18-9-5-2-6-10-18;19-11-16(17(21)23-12-14-7-3-1-4-8-14)20-18(22)24-13-15-9-5-2-6-10-15;10-8(11)4-1-2-12-5-3-6(9(13)14)15-7(4)5;/h1-13,21,24H,14-16H2,(H,31,33)(H,32,35);1-10,16H,11-13,19H2,(H,20,22);1-3,8H,(H,13,14);1H/t21-;16-;;/m11../s1. The molecule has 3 amide bonds. The van der Waals surface area contributed by atoms with E-state index in [1.165, 1.54) is 36.7 Å². The molecule has 0 unspecified atom stereocenters. The molecule has 0 aliphatic heterocycles. The highest BCUT2D eigenvalue weighted by molar-refractivity contribution is 7.21. The van der Waals surface area contributed by atoms with E-state index in [4.69, 9.17) is 29.8 Å².